The highest BCUT2D eigenvalue weighted by molar-refractivity contribution is 7.98. The molecule has 2 heterocycles. The zero-order valence-electron chi connectivity index (χ0n) is 6.94. The highest BCUT2D eigenvalue weighted by Crippen LogP contribution is 2.17. The first-order valence-electron chi connectivity index (χ1n) is 3.60. The molecule has 62 valence electrons. The van der Waals surface area contributed by atoms with Gasteiger partial charge < -0.3 is 4.42 Å². The van der Waals surface area contributed by atoms with Crippen LogP contribution in [0.5, 0.6) is 0 Å². The Labute approximate surface area is 74.4 Å². The third kappa shape index (κ3) is 1.08. The van der Waals surface area contributed by atoms with Crippen molar-refractivity contribution in [2.24, 2.45) is 7.05 Å². The van der Waals surface area contributed by atoms with Crippen molar-refractivity contribution in [3.63, 3.8) is 0 Å². The standard InChI is InChI=1S/C8H9N2OS/c1-10-5-3-4-6-7(10)11-8(9-6)12-2/h3-5H,1-2H3/q+1. The number of aryl methyl sites for hydroxylation is 1. The molecule has 0 radical (unpaired) electrons. The van der Waals surface area contributed by atoms with Crippen molar-refractivity contribution < 1.29 is 8.98 Å². The zero-order valence-corrected chi connectivity index (χ0v) is 7.76. The van der Waals surface area contributed by atoms with E-state index in [2.05, 4.69) is 4.98 Å². The SMILES string of the molecule is CSc1nc2ccc[n+](C)c2o1. The van der Waals surface area contributed by atoms with E-state index in [1.807, 2.05) is 36.2 Å². The van der Waals surface area contributed by atoms with Crippen LogP contribution < -0.4 is 4.57 Å². The summed E-state index contributed by atoms with van der Waals surface area (Å²) in [7, 11) is 1.94. The Balaban J connectivity index is 2.74. The highest BCUT2D eigenvalue weighted by atomic mass is 32.2. The highest BCUT2D eigenvalue weighted by Gasteiger charge is 2.11. The summed E-state index contributed by atoms with van der Waals surface area (Å²) in [5.74, 6) is 0. The van der Waals surface area contributed by atoms with Crippen LogP contribution in [0.15, 0.2) is 28.0 Å². The van der Waals surface area contributed by atoms with E-state index in [1.54, 1.807) is 0 Å². The molecule has 0 unspecified atom stereocenters. The summed E-state index contributed by atoms with van der Waals surface area (Å²) in [4.78, 5) is 4.27. The van der Waals surface area contributed by atoms with Gasteiger partial charge in [0.05, 0.1) is 0 Å². The molecule has 3 nitrogen and oxygen atoms in total. The van der Waals surface area contributed by atoms with Crippen molar-refractivity contribution in [2.75, 3.05) is 6.26 Å². The van der Waals surface area contributed by atoms with Gasteiger partial charge in [-0.2, -0.15) is 9.55 Å². The fraction of sp³-hybridized carbons (Fsp3) is 0.250. The Kier molecular flexibility index (Phi) is 1.77. The lowest BCUT2D eigenvalue weighted by Crippen LogP contribution is -2.27. The van der Waals surface area contributed by atoms with Crippen LogP contribution in [-0.4, -0.2) is 11.2 Å². The van der Waals surface area contributed by atoms with Gasteiger partial charge in [-0.1, -0.05) is 11.8 Å². The molecule has 0 saturated heterocycles. The molecule has 2 aromatic rings. The smallest absolute Gasteiger partial charge is 0.378 e. The first-order valence-corrected chi connectivity index (χ1v) is 4.83. The van der Waals surface area contributed by atoms with Crippen LogP contribution in [0.2, 0.25) is 0 Å². The molecular formula is C8H9N2OS+. The lowest BCUT2D eigenvalue weighted by atomic mass is 10.4. The topological polar surface area (TPSA) is 29.9 Å². The van der Waals surface area contributed by atoms with E-state index in [9.17, 15) is 0 Å². The summed E-state index contributed by atoms with van der Waals surface area (Å²) in [5, 5.41) is 0.715. The number of aromatic nitrogens is 2. The normalized spacial score (nSPS) is 10.8. The minimum absolute atomic E-state index is 0.715. The number of fused-ring (bicyclic) bond motifs is 1. The summed E-state index contributed by atoms with van der Waals surface area (Å²) < 4.78 is 7.38. The van der Waals surface area contributed by atoms with E-state index in [0.29, 0.717) is 5.22 Å². The van der Waals surface area contributed by atoms with E-state index in [-0.39, 0.29) is 0 Å². The quantitative estimate of drug-likeness (QED) is 0.491. The second-order valence-electron chi connectivity index (χ2n) is 2.49. The van der Waals surface area contributed by atoms with Gasteiger partial charge in [-0.15, -0.1) is 0 Å². The van der Waals surface area contributed by atoms with Gasteiger partial charge in [0.1, 0.15) is 7.05 Å². The molecule has 0 amide bonds. The van der Waals surface area contributed by atoms with E-state index in [1.165, 1.54) is 11.8 Å². The van der Waals surface area contributed by atoms with E-state index < -0.39 is 0 Å². The van der Waals surface area contributed by atoms with Gasteiger partial charge in [0.2, 0.25) is 0 Å². The Morgan fingerprint density at radius 3 is 3.08 bits per heavy atom. The number of hydrogen-bond acceptors (Lipinski definition) is 3. The number of pyridine rings is 1. The molecule has 0 aliphatic heterocycles. The first kappa shape index (κ1) is 7.61. The Morgan fingerprint density at radius 1 is 1.58 bits per heavy atom. The fourth-order valence-electron chi connectivity index (χ4n) is 1.08. The Morgan fingerprint density at radius 2 is 2.42 bits per heavy atom. The maximum atomic E-state index is 5.46. The summed E-state index contributed by atoms with van der Waals surface area (Å²) in [6.45, 7) is 0. The molecule has 0 saturated carbocycles. The largest absolute Gasteiger partial charge is 0.401 e. The fourth-order valence-corrected chi connectivity index (χ4v) is 1.44. The van der Waals surface area contributed by atoms with Crippen LogP contribution in [0.25, 0.3) is 11.2 Å². The van der Waals surface area contributed by atoms with Gasteiger partial charge in [-0.3, -0.25) is 0 Å². The molecule has 4 heteroatoms. The molecule has 0 atom stereocenters. The molecule has 0 aromatic carbocycles. The monoisotopic (exact) mass is 181 g/mol. The molecular weight excluding hydrogens is 172 g/mol. The summed E-state index contributed by atoms with van der Waals surface area (Å²) in [6.07, 6.45) is 3.89. The number of oxazole rings is 1. The van der Waals surface area contributed by atoms with Crippen LogP contribution in [0.4, 0.5) is 0 Å². The average molecular weight is 181 g/mol. The summed E-state index contributed by atoms with van der Waals surface area (Å²) in [6, 6.07) is 3.90. The molecule has 2 aromatic heterocycles. The molecule has 0 aliphatic rings. The third-order valence-corrected chi connectivity index (χ3v) is 2.20. The summed E-state index contributed by atoms with van der Waals surface area (Å²) in [5.41, 5.74) is 1.73. The second-order valence-corrected chi connectivity index (χ2v) is 3.25. The van der Waals surface area contributed by atoms with Crippen LogP contribution >= 0.6 is 11.8 Å². The first-order chi connectivity index (χ1) is 5.81. The van der Waals surface area contributed by atoms with E-state index >= 15 is 0 Å². The minimum atomic E-state index is 0.715. The van der Waals surface area contributed by atoms with Gasteiger partial charge in [0.25, 0.3) is 5.22 Å². The molecule has 0 aliphatic carbocycles. The van der Waals surface area contributed by atoms with Gasteiger partial charge >= 0.3 is 5.71 Å². The van der Waals surface area contributed by atoms with E-state index in [0.717, 1.165) is 11.2 Å². The average Bonchev–Trinajstić information content (AvgIpc) is 2.49. The van der Waals surface area contributed by atoms with Crippen molar-refractivity contribution in [1.29, 1.82) is 0 Å². The summed E-state index contributed by atoms with van der Waals surface area (Å²) >= 11 is 1.51. The zero-order chi connectivity index (χ0) is 8.55. The van der Waals surface area contributed by atoms with Gasteiger partial charge in [0.15, 0.2) is 11.7 Å². The predicted octanol–water partition coefficient (Wildman–Crippen LogP) is 1.37. The molecule has 12 heavy (non-hydrogen) atoms. The molecule has 0 N–H and O–H groups in total. The van der Waals surface area contributed by atoms with Crippen LogP contribution in [0.1, 0.15) is 0 Å². The van der Waals surface area contributed by atoms with Gasteiger partial charge in [-0.05, 0) is 12.3 Å². The van der Waals surface area contributed by atoms with Crippen molar-refractivity contribution in [3.05, 3.63) is 18.3 Å². The van der Waals surface area contributed by atoms with Crippen LogP contribution in [0.3, 0.4) is 0 Å². The maximum absolute atomic E-state index is 5.46. The Hall–Kier alpha value is -1.03. The van der Waals surface area contributed by atoms with Crippen LogP contribution in [-0.2, 0) is 7.05 Å². The Bertz CT molecular complexity index is 410. The number of thioether (sulfide) groups is 1. The van der Waals surface area contributed by atoms with Crippen LogP contribution in [0, 0.1) is 0 Å². The number of rotatable bonds is 1. The van der Waals surface area contributed by atoms with Gasteiger partial charge in [-0.25, -0.2) is 0 Å². The third-order valence-electron chi connectivity index (χ3n) is 1.67. The van der Waals surface area contributed by atoms with Crippen molar-refractivity contribution in [3.8, 4) is 0 Å². The van der Waals surface area contributed by atoms with Crippen molar-refractivity contribution >= 4 is 23.0 Å². The molecule has 0 fully saturated rings. The number of hydrogen-bond donors (Lipinski definition) is 0. The molecule has 0 spiro atoms. The minimum Gasteiger partial charge on any atom is -0.378 e. The van der Waals surface area contributed by atoms with Crippen molar-refractivity contribution in [2.45, 2.75) is 5.22 Å². The molecule has 2 rings (SSSR count). The number of nitrogens with zero attached hydrogens (tertiary/aromatic N) is 2. The predicted molar refractivity (Wildman–Crippen MR) is 47.0 cm³/mol. The maximum Gasteiger partial charge on any atom is 0.401 e. The molecule has 0 bridgehead atoms. The van der Waals surface area contributed by atoms with Gasteiger partial charge in [0, 0.05) is 6.07 Å². The van der Waals surface area contributed by atoms with E-state index in [4.69, 9.17) is 4.42 Å². The second kappa shape index (κ2) is 2.79. The lowest BCUT2D eigenvalue weighted by molar-refractivity contribution is -0.651. The van der Waals surface area contributed by atoms with Crippen molar-refractivity contribution in [1.82, 2.24) is 4.98 Å². The lowest BCUT2D eigenvalue weighted by Gasteiger charge is -1.83.